The number of aromatic carboxylic acids is 1. The number of methoxy groups -OCH3 is 1. The number of carbonyl (C=O) groups excluding carboxylic acids is 12. The van der Waals surface area contributed by atoms with Crippen molar-refractivity contribution in [2.24, 2.45) is 106 Å². The van der Waals surface area contributed by atoms with Gasteiger partial charge in [-0.25, -0.2) is 9.59 Å². The fraction of sp³-hybridized carbons (Fsp3) is 0.736. The molecule has 0 aromatic carbocycles. The lowest BCUT2D eigenvalue weighted by Crippen LogP contribution is -2.49. The van der Waals surface area contributed by atoms with Crippen LogP contribution in [0.5, 0.6) is 0 Å². The highest BCUT2D eigenvalue weighted by molar-refractivity contribution is 7.15. The monoisotopic (exact) mass is 2140 g/mol. The molecule has 7 N–H and O–H groups in total. The number of ether oxygens (including phenoxy) is 7. The molecular formula is C110H166Cl2N4O29S2. The number of ketones is 1. The number of rotatable bonds is 20. The first kappa shape index (κ1) is 129. The number of amides is 4. The van der Waals surface area contributed by atoms with E-state index in [0.717, 1.165) is 86.9 Å². The number of allylic oxidation sites excluding steroid dienone is 1. The van der Waals surface area contributed by atoms with Gasteiger partial charge in [0.2, 0.25) is 34.1 Å². The van der Waals surface area contributed by atoms with E-state index in [0.29, 0.717) is 181 Å². The molecule has 8 saturated carbocycles. The summed E-state index contributed by atoms with van der Waals surface area (Å²) < 4.78 is 36.6. The molecule has 37 heteroatoms. The first-order chi connectivity index (χ1) is 68.7. The lowest BCUT2D eigenvalue weighted by atomic mass is 9.78. The Labute approximate surface area is 887 Å². The molecule has 0 spiro atoms. The van der Waals surface area contributed by atoms with Crippen molar-refractivity contribution in [3.8, 4) is 23.7 Å². The third-order valence-corrected chi connectivity index (χ3v) is 31.9. The van der Waals surface area contributed by atoms with E-state index in [1.165, 1.54) is 56.6 Å². The van der Waals surface area contributed by atoms with Crippen molar-refractivity contribution in [3.63, 3.8) is 0 Å². The van der Waals surface area contributed by atoms with Crippen molar-refractivity contribution in [3.05, 3.63) is 43.8 Å². The van der Waals surface area contributed by atoms with Crippen LogP contribution in [0.3, 0.4) is 0 Å². The standard InChI is InChI=1S/C28H38N2O7S.C25H34N2O6S.2C10H15ClO3.C10H16O4.C10H18O.C9H16O2.C8H14O3/c1-18-7-8-20(15-23(18)37-19(2)31)26(33)30(17-24(32)29-11-13-36-14-12-29)22-16-21(9-10-28(3,4)5)38-25(22)27(34)35-6;1-16-5-6-17(13-20(16)28)23(30)27(15-21(29)26-9-11-33-12-10-26)19-14-18(7-8-25(2,3)4)34-22(19)24(31)32;2*1-6-3-4-8(10(11)13)5-9(6)14-7(2)12;1-6-3-4-8(10(12)13)5-9(6)14-7(2)11;1-7(2)9-5-4-8(3)10(11)6-9;1-6-3-4-8(7(2)10)5-9(6)11;1-5-2-3-6(8(10)11)4-7(5)9/h16,18,20,23H,7-8,11-15,17H2,1-6H3;14,16-17,20,28H,5-6,9-13,15H2,1-4H3,(H,31,32);2*6,8-9H,3-5H2,1-2H3;6,8-9H,3-5H2,1-2H3,(H,12,13);8-11H,1,4-6H2,2-3H3;6,8-9,11H,3-5H2,1-2H3;5-7,9H,2-4H2,1H3,(H,10,11)/t18-,20?,23?;16-,17?,20?;3*6-,8?,9?;8-,9?,10?;6-,8?,9?;5-,6?,7?/m11111111/s1. The summed E-state index contributed by atoms with van der Waals surface area (Å²) in [6.07, 6.45) is 15.4. The van der Waals surface area contributed by atoms with Crippen LogP contribution in [0.4, 0.5) is 11.4 Å². The van der Waals surface area contributed by atoms with Gasteiger partial charge in [0.1, 0.15) is 53.0 Å². The minimum atomic E-state index is -1.17. The van der Waals surface area contributed by atoms with Crippen LogP contribution in [-0.2, 0) is 95.5 Å². The normalized spacial score (nSPS) is 28.8. The first-order valence-electron chi connectivity index (χ1n) is 52.1. The third kappa shape index (κ3) is 44.6. The molecule has 826 valence electrons. The SMILES string of the molecule is C=C(C)C1CC[C@@H](C)C(O)C1.CC(=O)C1CC[C@@H](C)C(O)C1.CC(=O)OC1CC(C(=O)Cl)CC[C@H]1C.CC(=O)OC1CC(C(=O)Cl)CC[C@H]1C.CC(=O)OC1CC(C(=O)O)CC[C@H]1C.COC(=O)c1sc(C#CC(C)(C)C)cc1N(CC(=O)N1CCOCC1)C(=O)C1CC[C@@H](C)C(OC(C)=O)C1.C[C@@H]1CCC(C(=O)N(CC(=O)N2CCOCC2)c2cc(C#CC(C)(C)C)sc2C(=O)O)CC1O.C[C@@H]1CCC(C(=O)O)CC1O. The highest BCUT2D eigenvalue weighted by Crippen LogP contribution is 2.42. The van der Waals surface area contributed by atoms with Gasteiger partial charge in [0.25, 0.3) is 0 Å². The van der Waals surface area contributed by atoms with E-state index >= 15 is 0 Å². The predicted molar refractivity (Wildman–Crippen MR) is 560 cm³/mol. The van der Waals surface area contributed by atoms with Gasteiger partial charge in [-0.15, -0.1) is 22.7 Å². The molecule has 10 aliphatic rings. The number of aliphatic carboxylic acids is 2. The van der Waals surface area contributed by atoms with Crippen LogP contribution in [0.15, 0.2) is 24.3 Å². The van der Waals surface area contributed by atoms with Crippen molar-refractivity contribution in [1.29, 1.82) is 0 Å². The van der Waals surface area contributed by atoms with Gasteiger partial charge in [0, 0.05) is 94.3 Å². The van der Waals surface area contributed by atoms with Gasteiger partial charge in [-0.1, -0.05) is 91.2 Å². The molecule has 0 bridgehead atoms. The number of nitrogens with zero attached hydrogens (tertiary/aromatic N) is 4. The van der Waals surface area contributed by atoms with Crippen LogP contribution < -0.4 is 9.80 Å². The number of morpholine rings is 2. The maximum atomic E-state index is 14.1. The summed E-state index contributed by atoms with van der Waals surface area (Å²) in [5, 5.41) is 65.4. The van der Waals surface area contributed by atoms with Crippen LogP contribution in [0, 0.1) is 129 Å². The van der Waals surface area contributed by atoms with Gasteiger partial charge in [0.05, 0.1) is 90.9 Å². The summed E-state index contributed by atoms with van der Waals surface area (Å²) in [5.74, 6) is 7.98. The fourth-order valence-corrected chi connectivity index (χ4v) is 21.4. The van der Waals surface area contributed by atoms with Crippen molar-refractivity contribution < 1.29 is 141 Å². The second-order valence-electron chi connectivity index (χ2n) is 43.8. The van der Waals surface area contributed by atoms with E-state index in [1.54, 1.807) is 28.9 Å². The number of Topliss-reactive ketones (excluding diaryl/α,β-unsaturated/α-hetero) is 1. The second kappa shape index (κ2) is 62.3. The quantitative estimate of drug-likeness (QED) is 0.0213. The lowest BCUT2D eigenvalue weighted by molar-refractivity contribution is -0.157. The average molecular weight is 2140 g/mol. The van der Waals surface area contributed by atoms with Crippen molar-refractivity contribution in [2.45, 2.75) is 341 Å². The number of thiophene rings is 2. The Kier molecular flexibility index (Phi) is 54.5. The summed E-state index contributed by atoms with van der Waals surface area (Å²) in [6.45, 7) is 44.0. The maximum Gasteiger partial charge on any atom is 0.350 e. The molecular weight excluding hydrogens is 1980 g/mol. The largest absolute Gasteiger partial charge is 0.481 e. The molecule has 2 aromatic rings. The van der Waals surface area contributed by atoms with Crippen LogP contribution in [0.25, 0.3) is 0 Å². The molecule has 2 saturated heterocycles. The molecule has 8 aliphatic carbocycles. The Morgan fingerprint density at radius 3 is 0.959 bits per heavy atom. The lowest BCUT2D eigenvalue weighted by Gasteiger charge is -2.36. The van der Waals surface area contributed by atoms with E-state index in [9.17, 15) is 97.5 Å². The molecule has 16 unspecified atom stereocenters. The summed E-state index contributed by atoms with van der Waals surface area (Å²) in [4.78, 5) is 184. The zero-order valence-electron chi connectivity index (χ0n) is 90.2. The molecule has 33 nitrogen and oxygen atoms in total. The molecule has 147 heavy (non-hydrogen) atoms. The van der Waals surface area contributed by atoms with Gasteiger partial charge in [-0.3, -0.25) is 62.3 Å². The Morgan fingerprint density at radius 2 is 0.660 bits per heavy atom. The highest BCUT2D eigenvalue weighted by atomic mass is 35.5. The van der Waals surface area contributed by atoms with Crippen molar-refractivity contribution >= 4 is 145 Å². The van der Waals surface area contributed by atoms with Crippen LogP contribution in [-0.4, -0.2) is 255 Å². The van der Waals surface area contributed by atoms with Crippen molar-refractivity contribution in [1.82, 2.24) is 9.80 Å². The fourth-order valence-electron chi connectivity index (χ4n) is 19.2. The smallest absolute Gasteiger partial charge is 0.350 e. The topological polar surface area (TPSA) is 475 Å². The summed E-state index contributed by atoms with van der Waals surface area (Å²) >= 11 is 13.0. The Bertz CT molecular complexity index is 4650. The van der Waals surface area contributed by atoms with Crippen LogP contribution in [0.2, 0.25) is 0 Å². The minimum Gasteiger partial charge on any atom is -0.481 e. The van der Waals surface area contributed by atoms with E-state index in [4.69, 9.17) is 66.6 Å². The van der Waals surface area contributed by atoms with E-state index in [2.05, 4.69) is 44.1 Å². The van der Waals surface area contributed by atoms with Gasteiger partial charge in [0.15, 0.2) is 0 Å². The number of carbonyl (C=O) groups is 15. The summed E-state index contributed by atoms with van der Waals surface area (Å²) in [7, 11) is 1.28. The number of esters is 5. The van der Waals surface area contributed by atoms with Gasteiger partial charge in [-0.2, -0.15) is 0 Å². The van der Waals surface area contributed by atoms with Crippen LogP contribution in [0.1, 0.15) is 322 Å². The van der Waals surface area contributed by atoms with Gasteiger partial charge in [-0.05, 0) is 298 Å². The molecule has 2 aliphatic heterocycles. The first-order valence-corrected chi connectivity index (χ1v) is 54.5. The number of aliphatic hydroxyl groups excluding tert-OH is 4. The molecule has 4 amide bonds. The molecule has 2 aromatic heterocycles. The highest BCUT2D eigenvalue weighted by Gasteiger charge is 2.43. The second-order valence-corrected chi connectivity index (χ2v) is 46.6. The van der Waals surface area contributed by atoms with E-state index in [1.807, 2.05) is 90.0 Å². The zero-order chi connectivity index (χ0) is 111. The maximum absolute atomic E-state index is 14.1. The molecule has 0 radical (unpaired) electrons. The average Bonchev–Trinajstić information content (AvgIpc) is 1.67. The third-order valence-electron chi connectivity index (χ3n) is 29.2. The molecule has 10 fully saturated rings. The number of carboxylic acid groups (broad SMARTS) is 3. The Morgan fingerprint density at radius 1 is 0.395 bits per heavy atom. The molecule has 4 heterocycles. The Hall–Kier alpha value is -8.75. The Balaban J connectivity index is 0.000000313. The number of anilines is 2. The van der Waals surface area contributed by atoms with E-state index in [-0.39, 0.29) is 193 Å². The number of hydrogen-bond acceptors (Lipinski definition) is 28. The predicted octanol–water partition coefficient (Wildman–Crippen LogP) is 16.6. The number of halogens is 2. The number of carboxylic acids is 3. The number of aliphatic hydroxyl groups is 4. The number of hydrogen-bond donors (Lipinski definition) is 7. The van der Waals surface area contributed by atoms with E-state index < -0.39 is 47.9 Å². The molecule has 24 atom stereocenters. The van der Waals surface area contributed by atoms with Crippen LogP contribution >= 0.6 is 45.9 Å². The summed E-state index contributed by atoms with van der Waals surface area (Å²) in [6, 6.07) is 3.29. The minimum absolute atomic E-state index is 0.0222. The summed E-state index contributed by atoms with van der Waals surface area (Å²) in [5.41, 5.74) is 1.20. The van der Waals surface area contributed by atoms with Gasteiger partial charge < -0.3 is 88.5 Å². The van der Waals surface area contributed by atoms with Gasteiger partial charge >= 0.3 is 47.8 Å². The molecule has 12 rings (SSSR count). The zero-order valence-corrected chi connectivity index (χ0v) is 93.4. The van der Waals surface area contributed by atoms with Crippen molar-refractivity contribution in [2.75, 3.05) is 82.6 Å².